The fourth-order valence-corrected chi connectivity index (χ4v) is 1.95. The summed E-state index contributed by atoms with van der Waals surface area (Å²) in [6.45, 7) is 0.184. The number of benzene rings is 2. The summed E-state index contributed by atoms with van der Waals surface area (Å²) >= 11 is 5.79. The minimum absolute atomic E-state index is 0.184. The van der Waals surface area contributed by atoms with Crippen molar-refractivity contribution in [1.29, 1.82) is 0 Å². The minimum atomic E-state index is -0.469. The molecule has 0 N–H and O–H groups in total. The van der Waals surface area contributed by atoms with Gasteiger partial charge in [-0.25, -0.2) is 4.79 Å². The Labute approximate surface area is 126 Å². The normalized spacial score (nSPS) is 12.6. The molecule has 1 aliphatic heterocycles. The summed E-state index contributed by atoms with van der Waals surface area (Å²) in [6.07, 6.45) is 3.01. The highest BCUT2D eigenvalue weighted by Crippen LogP contribution is 2.35. The van der Waals surface area contributed by atoms with Crippen molar-refractivity contribution in [3.63, 3.8) is 0 Å². The zero-order chi connectivity index (χ0) is 14.7. The fraction of sp³-hybridized carbons (Fsp3) is 0.0625. The average molecular weight is 303 g/mol. The number of hydrogen-bond acceptors (Lipinski definition) is 4. The Morgan fingerprint density at radius 2 is 1.86 bits per heavy atom. The maximum Gasteiger partial charge on any atom is 0.336 e. The van der Waals surface area contributed by atoms with Gasteiger partial charge in [-0.05, 0) is 35.9 Å². The minimum Gasteiger partial charge on any atom is -0.454 e. The molecule has 2 aromatic rings. The molecular weight excluding hydrogens is 292 g/mol. The van der Waals surface area contributed by atoms with E-state index in [2.05, 4.69) is 0 Å². The van der Waals surface area contributed by atoms with Crippen molar-refractivity contribution in [3.05, 3.63) is 59.1 Å². The number of rotatable bonds is 3. The van der Waals surface area contributed by atoms with Crippen LogP contribution in [0.15, 0.2) is 48.5 Å². The molecular formula is C16H11ClO4. The third-order valence-electron chi connectivity index (χ3n) is 2.84. The van der Waals surface area contributed by atoms with E-state index in [0.717, 1.165) is 5.56 Å². The van der Waals surface area contributed by atoms with Crippen molar-refractivity contribution in [2.75, 3.05) is 6.79 Å². The number of halogens is 1. The van der Waals surface area contributed by atoms with Crippen LogP contribution in [0, 0.1) is 0 Å². The molecule has 0 aromatic heterocycles. The molecule has 0 bridgehead atoms. The topological polar surface area (TPSA) is 44.8 Å². The Morgan fingerprint density at radius 3 is 2.67 bits per heavy atom. The van der Waals surface area contributed by atoms with E-state index in [0.29, 0.717) is 22.3 Å². The van der Waals surface area contributed by atoms with Crippen molar-refractivity contribution in [1.82, 2.24) is 0 Å². The summed E-state index contributed by atoms with van der Waals surface area (Å²) in [5, 5.41) is 0.648. The number of ether oxygens (including phenoxy) is 3. The van der Waals surface area contributed by atoms with E-state index in [1.165, 1.54) is 6.08 Å². The Balaban J connectivity index is 1.65. The summed E-state index contributed by atoms with van der Waals surface area (Å²) in [6, 6.07) is 12.1. The van der Waals surface area contributed by atoms with Crippen molar-refractivity contribution < 1.29 is 19.0 Å². The lowest BCUT2D eigenvalue weighted by Crippen LogP contribution is -2.03. The van der Waals surface area contributed by atoms with Crippen molar-refractivity contribution in [2.45, 2.75) is 0 Å². The number of carbonyl (C=O) groups excluding carboxylic acids is 1. The molecule has 5 heteroatoms. The van der Waals surface area contributed by atoms with Gasteiger partial charge in [0.25, 0.3) is 0 Å². The van der Waals surface area contributed by atoms with Crippen LogP contribution < -0.4 is 14.2 Å². The Bertz CT molecular complexity index is 692. The quantitative estimate of drug-likeness (QED) is 0.493. The van der Waals surface area contributed by atoms with Crippen LogP contribution in [0.1, 0.15) is 5.56 Å². The lowest BCUT2D eigenvalue weighted by molar-refractivity contribution is -0.128. The molecule has 1 aliphatic rings. The summed E-state index contributed by atoms with van der Waals surface area (Å²) < 4.78 is 15.6. The second-order valence-electron chi connectivity index (χ2n) is 4.32. The van der Waals surface area contributed by atoms with Crippen molar-refractivity contribution in [3.8, 4) is 17.2 Å². The Morgan fingerprint density at radius 1 is 1.10 bits per heavy atom. The van der Waals surface area contributed by atoms with Crippen LogP contribution >= 0.6 is 11.6 Å². The fourth-order valence-electron chi connectivity index (χ4n) is 1.83. The predicted octanol–water partition coefficient (Wildman–Crippen LogP) is 3.69. The Hall–Kier alpha value is -2.46. The molecule has 3 rings (SSSR count). The monoisotopic (exact) mass is 302 g/mol. The van der Waals surface area contributed by atoms with E-state index >= 15 is 0 Å². The zero-order valence-corrected chi connectivity index (χ0v) is 11.7. The number of esters is 1. The molecule has 4 nitrogen and oxygen atoms in total. The first kappa shape index (κ1) is 13.5. The van der Waals surface area contributed by atoms with E-state index in [9.17, 15) is 4.79 Å². The Kier molecular flexibility index (Phi) is 3.79. The lowest BCUT2D eigenvalue weighted by Gasteiger charge is -2.02. The van der Waals surface area contributed by atoms with Gasteiger partial charge in [0.1, 0.15) is 5.75 Å². The number of fused-ring (bicyclic) bond motifs is 1. The van der Waals surface area contributed by atoms with Gasteiger partial charge in [-0.3, -0.25) is 0 Å². The van der Waals surface area contributed by atoms with E-state index < -0.39 is 5.97 Å². The third kappa shape index (κ3) is 3.35. The van der Waals surface area contributed by atoms with Crippen LogP contribution in [0.5, 0.6) is 17.2 Å². The molecule has 106 valence electrons. The van der Waals surface area contributed by atoms with Gasteiger partial charge in [0.2, 0.25) is 6.79 Å². The van der Waals surface area contributed by atoms with Gasteiger partial charge in [0.05, 0.1) is 0 Å². The molecule has 0 amide bonds. The van der Waals surface area contributed by atoms with Gasteiger partial charge < -0.3 is 14.2 Å². The SMILES string of the molecule is O=C(C=Cc1ccc(Cl)cc1)Oc1ccc2c(c1)OCO2. The van der Waals surface area contributed by atoms with Gasteiger partial charge in [0, 0.05) is 17.2 Å². The highest BCUT2D eigenvalue weighted by atomic mass is 35.5. The average Bonchev–Trinajstić information content (AvgIpc) is 2.94. The molecule has 21 heavy (non-hydrogen) atoms. The standard InChI is InChI=1S/C16H11ClO4/c17-12-4-1-11(2-5-12)3-8-16(18)21-13-6-7-14-15(9-13)20-10-19-14/h1-9H,10H2. The van der Waals surface area contributed by atoms with E-state index in [-0.39, 0.29) is 6.79 Å². The molecule has 0 fully saturated rings. The largest absolute Gasteiger partial charge is 0.454 e. The van der Waals surface area contributed by atoms with Crippen LogP contribution in [-0.4, -0.2) is 12.8 Å². The van der Waals surface area contributed by atoms with Gasteiger partial charge in [-0.2, -0.15) is 0 Å². The van der Waals surface area contributed by atoms with Crippen LogP contribution in [0.25, 0.3) is 6.08 Å². The second kappa shape index (κ2) is 5.89. The summed E-state index contributed by atoms with van der Waals surface area (Å²) in [7, 11) is 0. The third-order valence-corrected chi connectivity index (χ3v) is 3.10. The summed E-state index contributed by atoms with van der Waals surface area (Å²) in [5.74, 6) is 1.15. The molecule has 0 aliphatic carbocycles. The number of hydrogen-bond donors (Lipinski definition) is 0. The highest BCUT2D eigenvalue weighted by molar-refractivity contribution is 6.30. The van der Waals surface area contributed by atoms with Crippen molar-refractivity contribution >= 4 is 23.6 Å². The predicted molar refractivity (Wildman–Crippen MR) is 78.7 cm³/mol. The van der Waals surface area contributed by atoms with Gasteiger partial charge >= 0.3 is 5.97 Å². The maximum absolute atomic E-state index is 11.7. The first-order valence-electron chi connectivity index (χ1n) is 6.26. The van der Waals surface area contributed by atoms with Crippen LogP contribution in [0.3, 0.4) is 0 Å². The zero-order valence-electron chi connectivity index (χ0n) is 10.9. The van der Waals surface area contributed by atoms with Crippen molar-refractivity contribution in [2.24, 2.45) is 0 Å². The first-order chi connectivity index (χ1) is 10.2. The molecule has 1 heterocycles. The molecule has 2 aromatic carbocycles. The molecule has 0 saturated carbocycles. The van der Waals surface area contributed by atoms with Gasteiger partial charge in [-0.1, -0.05) is 23.7 Å². The molecule has 0 radical (unpaired) electrons. The summed E-state index contributed by atoms with van der Waals surface area (Å²) in [4.78, 5) is 11.7. The first-order valence-corrected chi connectivity index (χ1v) is 6.64. The highest BCUT2D eigenvalue weighted by Gasteiger charge is 2.14. The molecule has 0 atom stereocenters. The molecule has 0 saturated heterocycles. The van der Waals surface area contributed by atoms with Crippen LogP contribution in [-0.2, 0) is 4.79 Å². The van der Waals surface area contributed by atoms with Gasteiger partial charge in [0.15, 0.2) is 11.5 Å². The van der Waals surface area contributed by atoms with Gasteiger partial charge in [-0.15, -0.1) is 0 Å². The second-order valence-corrected chi connectivity index (χ2v) is 4.76. The maximum atomic E-state index is 11.7. The van der Waals surface area contributed by atoms with Crippen LogP contribution in [0.2, 0.25) is 5.02 Å². The molecule has 0 unspecified atom stereocenters. The smallest absolute Gasteiger partial charge is 0.336 e. The summed E-state index contributed by atoms with van der Waals surface area (Å²) in [5.41, 5.74) is 0.863. The van der Waals surface area contributed by atoms with E-state index in [4.69, 9.17) is 25.8 Å². The lowest BCUT2D eigenvalue weighted by atomic mass is 10.2. The van der Waals surface area contributed by atoms with E-state index in [1.807, 2.05) is 12.1 Å². The van der Waals surface area contributed by atoms with Crippen LogP contribution in [0.4, 0.5) is 0 Å². The number of carbonyl (C=O) groups is 1. The molecule has 0 spiro atoms. The van der Waals surface area contributed by atoms with E-state index in [1.54, 1.807) is 36.4 Å².